The molecule has 2 heteroatoms. The Labute approximate surface area is 132 Å². The number of amides is 1. The Morgan fingerprint density at radius 3 is 2.41 bits per heavy atom. The molecule has 0 bridgehead atoms. The molecule has 0 atom stereocenters. The van der Waals surface area contributed by atoms with Crippen molar-refractivity contribution in [1.82, 2.24) is 4.90 Å². The van der Waals surface area contributed by atoms with Gasteiger partial charge in [0.25, 0.3) is 0 Å². The fraction of sp³-hybridized carbons (Fsp3) is 0.350. The lowest BCUT2D eigenvalue weighted by Gasteiger charge is -2.24. The van der Waals surface area contributed by atoms with Gasteiger partial charge in [0.1, 0.15) is 0 Å². The lowest BCUT2D eigenvalue weighted by molar-refractivity contribution is -0.133. The molecule has 0 N–H and O–H groups in total. The zero-order valence-corrected chi connectivity index (χ0v) is 13.2. The third-order valence-electron chi connectivity index (χ3n) is 4.37. The number of benzene rings is 2. The van der Waals surface area contributed by atoms with Crippen molar-refractivity contribution in [2.24, 2.45) is 5.92 Å². The summed E-state index contributed by atoms with van der Waals surface area (Å²) in [4.78, 5) is 14.6. The van der Waals surface area contributed by atoms with Gasteiger partial charge in [-0.25, -0.2) is 0 Å². The first-order chi connectivity index (χ1) is 10.7. The number of rotatable bonds is 6. The molecule has 114 valence electrons. The number of carbonyl (C=O) groups is 1. The van der Waals surface area contributed by atoms with Crippen molar-refractivity contribution < 1.29 is 4.79 Å². The van der Waals surface area contributed by atoms with Crippen LogP contribution in [0.1, 0.15) is 29.5 Å². The van der Waals surface area contributed by atoms with Crippen LogP contribution in [0, 0.1) is 12.8 Å². The van der Waals surface area contributed by atoms with Gasteiger partial charge in [-0.1, -0.05) is 54.6 Å². The number of carbonyl (C=O) groups excluding carboxylic acids is 1. The maximum Gasteiger partial charge on any atom is 0.225 e. The lowest BCUT2D eigenvalue weighted by atomic mass is 10.1. The zero-order valence-electron chi connectivity index (χ0n) is 13.2. The number of hydrogen-bond donors (Lipinski definition) is 0. The van der Waals surface area contributed by atoms with Gasteiger partial charge in [0, 0.05) is 19.0 Å². The van der Waals surface area contributed by atoms with E-state index in [-0.39, 0.29) is 5.92 Å². The summed E-state index contributed by atoms with van der Waals surface area (Å²) in [6, 6.07) is 18.8. The predicted octanol–water partition coefficient (Wildman–Crippen LogP) is 3.98. The first kappa shape index (κ1) is 14.8. The summed E-state index contributed by atoms with van der Waals surface area (Å²) < 4.78 is 0. The first-order valence-electron chi connectivity index (χ1n) is 8.11. The maximum atomic E-state index is 12.6. The van der Waals surface area contributed by atoms with Gasteiger partial charge in [-0.2, -0.15) is 0 Å². The minimum Gasteiger partial charge on any atom is -0.338 e. The van der Waals surface area contributed by atoms with E-state index >= 15 is 0 Å². The normalized spacial score (nSPS) is 13.9. The Balaban J connectivity index is 1.69. The van der Waals surface area contributed by atoms with Crippen molar-refractivity contribution in [1.29, 1.82) is 0 Å². The highest BCUT2D eigenvalue weighted by Crippen LogP contribution is 2.31. The van der Waals surface area contributed by atoms with Crippen molar-refractivity contribution in [3.8, 4) is 0 Å². The molecule has 1 fully saturated rings. The average molecular weight is 293 g/mol. The van der Waals surface area contributed by atoms with Crippen molar-refractivity contribution in [2.75, 3.05) is 6.54 Å². The molecule has 0 radical (unpaired) electrons. The van der Waals surface area contributed by atoms with Gasteiger partial charge in [0.15, 0.2) is 0 Å². The molecule has 1 aliphatic carbocycles. The van der Waals surface area contributed by atoms with Gasteiger partial charge < -0.3 is 4.90 Å². The second kappa shape index (κ2) is 6.78. The van der Waals surface area contributed by atoms with Gasteiger partial charge in [-0.3, -0.25) is 4.79 Å². The molecular weight excluding hydrogens is 270 g/mol. The highest BCUT2D eigenvalue weighted by Gasteiger charge is 2.33. The van der Waals surface area contributed by atoms with Gasteiger partial charge in [-0.05, 0) is 42.9 Å². The summed E-state index contributed by atoms with van der Waals surface area (Å²) in [5.74, 6) is 0.610. The largest absolute Gasteiger partial charge is 0.338 e. The summed E-state index contributed by atoms with van der Waals surface area (Å²) in [5.41, 5.74) is 3.81. The van der Waals surface area contributed by atoms with Crippen LogP contribution in [0.5, 0.6) is 0 Å². The van der Waals surface area contributed by atoms with Gasteiger partial charge in [0.05, 0.1) is 0 Å². The number of nitrogens with zero attached hydrogens (tertiary/aromatic N) is 1. The molecule has 2 nitrogen and oxygen atoms in total. The van der Waals surface area contributed by atoms with E-state index in [4.69, 9.17) is 0 Å². The molecule has 22 heavy (non-hydrogen) atoms. The second-order valence-electron chi connectivity index (χ2n) is 6.20. The van der Waals surface area contributed by atoms with Crippen molar-refractivity contribution >= 4 is 5.91 Å². The molecule has 1 amide bonds. The topological polar surface area (TPSA) is 20.3 Å². The van der Waals surface area contributed by atoms with E-state index in [1.807, 2.05) is 11.0 Å². The van der Waals surface area contributed by atoms with Crippen LogP contribution in [0.2, 0.25) is 0 Å². The van der Waals surface area contributed by atoms with Crippen LogP contribution < -0.4 is 0 Å². The third-order valence-corrected chi connectivity index (χ3v) is 4.37. The molecule has 3 rings (SSSR count). The van der Waals surface area contributed by atoms with Crippen molar-refractivity contribution in [2.45, 2.75) is 32.7 Å². The third kappa shape index (κ3) is 3.76. The van der Waals surface area contributed by atoms with Crippen molar-refractivity contribution in [3.63, 3.8) is 0 Å². The van der Waals surface area contributed by atoms with Crippen LogP contribution in [0.25, 0.3) is 0 Å². The Kier molecular flexibility index (Phi) is 4.57. The summed E-state index contributed by atoms with van der Waals surface area (Å²) in [6.07, 6.45) is 3.05. The predicted molar refractivity (Wildman–Crippen MR) is 89.5 cm³/mol. The number of aryl methyl sites for hydroxylation is 1. The Bertz CT molecular complexity index is 631. The maximum absolute atomic E-state index is 12.6. The van der Waals surface area contributed by atoms with Crippen LogP contribution in [-0.2, 0) is 17.8 Å². The lowest BCUT2D eigenvalue weighted by Crippen LogP contribution is -2.33. The highest BCUT2D eigenvalue weighted by atomic mass is 16.2. The molecule has 0 spiro atoms. The minimum absolute atomic E-state index is 0.278. The van der Waals surface area contributed by atoms with Crippen molar-refractivity contribution in [3.05, 3.63) is 71.3 Å². The Morgan fingerprint density at radius 1 is 1.05 bits per heavy atom. The van der Waals surface area contributed by atoms with Crippen LogP contribution >= 0.6 is 0 Å². The highest BCUT2D eigenvalue weighted by molar-refractivity contribution is 5.81. The first-order valence-corrected chi connectivity index (χ1v) is 8.11. The molecule has 1 aliphatic rings. The molecule has 0 heterocycles. The zero-order chi connectivity index (χ0) is 15.4. The van der Waals surface area contributed by atoms with E-state index in [9.17, 15) is 4.79 Å². The van der Waals surface area contributed by atoms with Crippen LogP contribution in [0.15, 0.2) is 54.6 Å². The molecule has 2 aromatic carbocycles. The molecule has 0 aromatic heterocycles. The monoisotopic (exact) mass is 293 g/mol. The molecule has 0 saturated heterocycles. The van der Waals surface area contributed by atoms with E-state index < -0.39 is 0 Å². The summed E-state index contributed by atoms with van der Waals surface area (Å²) in [6.45, 7) is 3.65. The van der Waals surface area contributed by atoms with E-state index in [2.05, 4.69) is 55.5 Å². The van der Waals surface area contributed by atoms with Crippen LogP contribution in [0.4, 0.5) is 0 Å². The second-order valence-corrected chi connectivity index (χ2v) is 6.20. The summed E-state index contributed by atoms with van der Waals surface area (Å²) in [5, 5.41) is 0. The van der Waals surface area contributed by atoms with Gasteiger partial charge in [-0.15, -0.1) is 0 Å². The number of hydrogen-bond acceptors (Lipinski definition) is 1. The molecule has 1 saturated carbocycles. The summed E-state index contributed by atoms with van der Waals surface area (Å²) >= 11 is 0. The Hall–Kier alpha value is -2.09. The fourth-order valence-electron chi connectivity index (χ4n) is 2.76. The van der Waals surface area contributed by atoms with E-state index in [1.54, 1.807) is 0 Å². The Morgan fingerprint density at radius 2 is 1.73 bits per heavy atom. The summed E-state index contributed by atoms with van der Waals surface area (Å²) in [7, 11) is 0. The standard InChI is InChI=1S/C20H23NO/c1-16-7-5-6-10-19(16)15-21(20(22)18-11-12-18)14-13-17-8-3-2-4-9-17/h2-10,18H,11-15H2,1H3. The van der Waals surface area contributed by atoms with Gasteiger partial charge in [0.2, 0.25) is 5.91 Å². The molecule has 2 aromatic rings. The smallest absolute Gasteiger partial charge is 0.225 e. The quantitative estimate of drug-likeness (QED) is 0.789. The SMILES string of the molecule is Cc1ccccc1CN(CCc1ccccc1)C(=O)C1CC1. The average Bonchev–Trinajstić information content (AvgIpc) is 3.38. The van der Waals surface area contributed by atoms with E-state index in [1.165, 1.54) is 16.7 Å². The van der Waals surface area contributed by atoms with E-state index in [0.29, 0.717) is 5.91 Å². The molecule has 0 aliphatic heterocycles. The van der Waals surface area contributed by atoms with E-state index in [0.717, 1.165) is 32.4 Å². The van der Waals surface area contributed by atoms with Crippen LogP contribution in [-0.4, -0.2) is 17.4 Å². The fourth-order valence-corrected chi connectivity index (χ4v) is 2.76. The molecule has 0 unspecified atom stereocenters. The van der Waals surface area contributed by atoms with Gasteiger partial charge >= 0.3 is 0 Å². The van der Waals surface area contributed by atoms with Crippen LogP contribution in [0.3, 0.4) is 0 Å². The minimum atomic E-state index is 0.278. The molecular formula is C20H23NO.